The first-order valence-electron chi connectivity index (χ1n) is 7.09. The van der Waals surface area contributed by atoms with Gasteiger partial charge in [-0.15, -0.1) is 0 Å². The van der Waals surface area contributed by atoms with Gasteiger partial charge in [-0.25, -0.2) is 0 Å². The molecule has 0 aromatic heterocycles. The van der Waals surface area contributed by atoms with Crippen molar-refractivity contribution >= 4 is 5.91 Å². The van der Waals surface area contributed by atoms with E-state index >= 15 is 0 Å². The SMILES string of the molecule is CCCCN(CC(F)(F)F)C(=O)Cc1ccc(OC(F)F)cc1. The highest BCUT2D eigenvalue weighted by molar-refractivity contribution is 5.78. The Bertz CT molecular complexity index is 488. The number of carbonyl (C=O) groups excluding carboxylic acids is 1. The van der Waals surface area contributed by atoms with Crippen LogP contribution in [0, 0.1) is 0 Å². The van der Waals surface area contributed by atoms with E-state index in [0.29, 0.717) is 18.4 Å². The Balaban J connectivity index is 2.69. The Morgan fingerprint density at radius 2 is 1.83 bits per heavy atom. The summed E-state index contributed by atoms with van der Waals surface area (Å²) in [5.41, 5.74) is 0.431. The molecule has 0 atom stereocenters. The zero-order valence-electron chi connectivity index (χ0n) is 12.6. The first kappa shape index (κ1) is 19.2. The van der Waals surface area contributed by atoms with Crippen molar-refractivity contribution in [1.82, 2.24) is 4.90 Å². The number of hydrogen-bond donors (Lipinski definition) is 0. The maximum atomic E-state index is 12.5. The molecule has 1 aromatic rings. The quantitative estimate of drug-likeness (QED) is 0.670. The van der Waals surface area contributed by atoms with Gasteiger partial charge in [-0.05, 0) is 24.1 Å². The predicted octanol–water partition coefficient (Wildman–Crippen LogP) is 4.02. The molecule has 0 bridgehead atoms. The summed E-state index contributed by atoms with van der Waals surface area (Å²) in [4.78, 5) is 12.8. The molecule has 0 fully saturated rings. The van der Waals surface area contributed by atoms with Crippen molar-refractivity contribution in [3.05, 3.63) is 29.8 Å². The Hall–Kier alpha value is -1.86. The molecule has 1 rings (SSSR count). The van der Waals surface area contributed by atoms with E-state index in [1.807, 2.05) is 6.92 Å². The van der Waals surface area contributed by atoms with E-state index in [2.05, 4.69) is 4.74 Å². The van der Waals surface area contributed by atoms with Crippen molar-refractivity contribution < 1.29 is 31.5 Å². The fraction of sp³-hybridized carbons (Fsp3) is 0.533. The van der Waals surface area contributed by atoms with Crippen molar-refractivity contribution in [2.75, 3.05) is 13.1 Å². The standard InChI is InChI=1S/C15H18F5NO2/c1-2-3-8-21(10-15(18,19)20)13(22)9-11-4-6-12(7-5-11)23-14(16)17/h4-7,14H,2-3,8-10H2,1H3. The molecule has 1 amide bonds. The fourth-order valence-corrected chi connectivity index (χ4v) is 1.93. The van der Waals surface area contributed by atoms with E-state index in [0.717, 1.165) is 4.90 Å². The summed E-state index contributed by atoms with van der Waals surface area (Å²) in [5.74, 6) is -0.729. The molecule has 8 heteroatoms. The van der Waals surface area contributed by atoms with Crippen molar-refractivity contribution in [2.45, 2.75) is 39.0 Å². The van der Waals surface area contributed by atoms with Gasteiger partial charge in [0.15, 0.2) is 0 Å². The van der Waals surface area contributed by atoms with Crippen molar-refractivity contribution in [2.24, 2.45) is 0 Å². The minimum Gasteiger partial charge on any atom is -0.435 e. The predicted molar refractivity (Wildman–Crippen MR) is 74.3 cm³/mol. The molecule has 0 heterocycles. The highest BCUT2D eigenvalue weighted by atomic mass is 19.4. The number of rotatable bonds is 8. The maximum absolute atomic E-state index is 12.5. The van der Waals surface area contributed by atoms with Crippen LogP contribution in [0.1, 0.15) is 25.3 Å². The van der Waals surface area contributed by atoms with Gasteiger partial charge < -0.3 is 9.64 Å². The minimum absolute atomic E-state index is 0.0292. The summed E-state index contributed by atoms with van der Waals surface area (Å²) in [5, 5.41) is 0. The van der Waals surface area contributed by atoms with Crippen LogP contribution in [0.25, 0.3) is 0 Å². The van der Waals surface area contributed by atoms with Gasteiger partial charge in [-0.3, -0.25) is 4.79 Å². The number of nitrogens with zero attached hydrogens (tertiary/aromatic N) is 1. The minimum atomic E-state index is -4.46. The van der Waals surface area contributed by atoms with E-state index in [1.165, 1.54) is 24.3 Å². The third-order valence-electron chi connectivity index (χ3n) is 3.01. The Morgan fingerprint density at radius 1 is 1.22 bits per heavy atom. The first-order valence-corrected chi connectivity index (χ1v) is 7.09. The lowest BCUT2D eigenvalue weighted by Gasteiger charge is -2.24. The zero-order valence-corrected chi connectivity index (χ0v) is 12.6. The Kier molecular flexibility index (Phi) is 7.25. The number of ether oxygens (including phenoxy) is 1. The number of hydrogen-bond acceptors (Lipinski definition) is 2. The highest BCUT2D eigenvalue weighted by Crippen LogP contribution is 2.19. The van der Waals surface area contributed by atoms with Gasteiger partial charge in [0.1, 0.15) is 12.3 Å². The summed E-state index contributed by atoms with van der Waals surface area (Å²) < 4.78 is 65.8. The summed E-state index contributed by atoms with van der Waals surface area (Å²) in [6, 6.07) is 5.24. The van der Waals surface area contributed by atoms with Crippen LogP contribution in [0.3, 0.4) is 0 Å². The topological polar surface area (TPSA) is 29.5 Å². The molecule has 0 aliphatic heterocycles. The number of amides is 1. The number of halogens is 5. The van der Waals surface area contributed by atoms with Crippen LogP contribution in [0.5, 0.6) is 5.75 Å². The average Bonchev–Trinajstić information content (AvgIpc) is 2.43. The second kappa shape index (κ2) is 8.69. The van der Waals surface area contributed by atoms with Crippen molar-refractivity contribution in [3.8, 4) is 5.75 Å². The molecule has 0 N–H and O–H groups in total. The van der Waals surface area contributed by atoms with Gasteiger partial charge in [-0.2, -0.15) is 22.0 Å². The van der Waals surface area contributed by atoms with Gasteiger partial charge in [0.2, 0.25) is 5.91 Å². The molecule has 0 aliphatic carbocycles. The van der Waals surface area contributed by atoms with Crippen LogP contribution in [-0.4, -0.2) is 36.7 Å². The molecular formula is C15H18F5NO2. The van der Waals surface area contributed by atoms with Crippen molar-refractivity contribution in [1.29, 1.82) is 0 Å². The van der Waals surface area contributed by atoms with Crippen LogP contribution in [0.4, 0.5) is 22.0 Å². The molecule has 0 radical (unpaired) electrons. The molecule has 3 nitrogen and oxygen atoms in total. The van der Waals surface area contributed by atoms with E-state index < -0.39 is 25.2 Å². The van der Waals surface area contributed by atoms with Gasteiger partial charge in [0.25, 0.3) is 0 Å². The maximum Gasteiger partial charge on any atom is 0.406 e. The van der Waals surface area contributed by atoms with E-state index in [4.69, 9.17) is 0 Å². The summed E-state index contributed by atoms with van der Waals surface area (Å²) in [6.45, 7) is -2.41. The molecule has 130 valence electrons. The van der Waals surface area contributed by atoms with E-state index in [1.54, 1.807) is 0 Å². The number of unbranched alkanes of at least 4 members (excludes halogenated alkanes) is 1. The Morgan fingerprint density at radius 3 is 2.30 bits per heavy atom. The van der Waals surface area contributed by atoms with Crippen LogP contribution in [-0.2, 0) is 11.2 Å². The lowest BCUT2D eigenvalue weighted by Crippen LogP contribution is -2.40. The van der Waals surface area contributed by atoms with E-state index in [9.17, 15) is 26.7 Å². The first-order chi connectivity index (χ1) is 10.7. The summed E-state index contributed by atoms with van der Waals surface area (Å²) in [7, 11) is 0. The normalized spacial score (nSPS) is 11.6. The molecule has 23 heavy (non-hydrogen) atoms. The second-order valence-electron chi connectivity index (χ2n) is 4.98. The smallest absolute Gasteiger partial charge is 0.406 e. The molecule has 1 aromatic carbocycles. The van der Waals surface area contributed by atoms with Gasteiger partial charge in [-0.1, -0.05) is 25.5 Å². The summed E-state index contributed by atoms with van der Waals surface area (Å²) in [6.07, 6.45) is -3.54. The number of benzene rings is 1. The fourth-order valence-electron chi connectivity index (χ4n) is 1.93. The van der Waals surface area contributed by atoms with Gasteiger partial charge in [0.05, 0.1) is 6.42 Å². The largest absolute Gasteiger partial charge is 0.435 e. The van der Waals surface area contributed by atoms with Crippen LogP contribution < -0.4 is 4.74 Å². The monoisotopic (exact) mass is 339 g/mol. The zero-order chi connectivity index (χ0) is 17.5. The lowest BCUT2D eigenvalue weighted by molar-refractivity contribution is -0.160. The molecular weight excluding hydrogens is 321 g/mol. The number of alkyl halides is 5. The van der Waals surface area contributed by atoms with Crippen LogP contribution in [0.15, 0.2) is 24.3 Å². The second-order valence-corrected chi connectivity index (χ2v) is 4.98. The molecule has 0 unspecified atom stereocenters. The van der Waals surface area contributed by atoms with Gasteiger partial charge in [0, 0.05) is 6.54 Å². The van der Waals surface area contributed by atoms with Gasteiger partial charge >= 0.3 is 12.8 Å². The number of carbonyl (C=O) groups is 1. The lowest BCUT2D eigenvalue weighted by atomic mass is 10.1. The molecule has 0 saturated heterocycles. The third-order valence-corrected chi connectivity index (χ3v) is 3.01. The van der Waals surface area contributed by atoms with Crippen LogP contribution >= 0.6 is 0 Å². The Labute approximate surface area is 131 Å². The van der Waals surface area contributed by atoms with Crippen molar-refractivity contribution in [3.63, 3.8) is 0 Å². The van der Waals surface area contributed by atoms with Crippen LogP contribution in [0.2, 0.25) is 0 Å². The van der Waals surface area contributed by atoms with E-state index in [-0.39, 0.29) is 18.7 Å². The molecule has 0 spiro atoms. The average molecular weight is 339 g/mol. The third kappa shape index (κ3) is 7.80. The highest BCUT2D eigenvalue weighted by Gasteiger charge is 2.32. The molecule has 0 aliphatic rings. The molecule has 0 saturated carbocycles. The summed E-state index contributed by atoms with van der Waals surface area (Å²) >= 11 is 0.